The number of hydrogen-bond acceptors (Lipinski definition) is 3. The fourth-order valence-corrected chi connectivity index (χ4v) is 4.98. The van der Waals surface area contributed by atoms with Crippen LogP contribution in [0.15, 0.2) is 42.6 Å². The molecule has 0 radical (unpaired) electrons. The number of carbonyl (C=O) groups excluding carboxylic acids is 1. The van der Waals surface area contributed by atoms with E-state index in [1.165, 1.54) is 0 Å². The number of nitrogens with one attached hydrogen (secondary N) is 2. The number of carbonyl (C=O) groups is 1. The van der Waals surface area contributed by atoms with Gasteiger partial charge in [-0.05, 0) is 43.4 Å². The van der Waals surface area contributed by atoms with Gasteiger partial charge in [0.25, 0.3) is 5.91 Å². The third-order valence-electron chi connectivity index (χ3n) is 6.00. The molecule has 1 aliphatic carbocycles. The molecule has 1 aliphatic heterocycles. The number of aromatic nitrogens is 1. The molecule has 154 valence electrons. The standard InChI is InChI=1S/C21H21ClF3N3O/c22-16-15(21(23,24)25)8-10-26-17(16)19(29)28-18(14-6-2-1-3-7-14)20-9-4-5-13(11-20)12-27-20/h1-3,6-8,10,13,18,27H,4-5,9,11-12H2,(H,28,29). The Labute approximate surface area is 171 Å². The Bertz CT molecular complexity index is 902. The highest BCUT2D eigenvalue weighted by Crippen LogP contribution is 2.45. The van der Waals surface area contributed by atoms with Crippen LogP contribution >= 0.6 is 11.6 Å². The lowest BCUT2D eigenvalue weighted by Gasteiger charge is -2.41. The van der Waals surface area contributed by atoms with E-state index >= 15 is 0 Å². The zero-order chi connectivity index (χ0) is 20.6. The summed E-state index contributed by atoms with van der Waals surface area (Å²) in [4.78, 5) is 16.8. The van der Waals surface area contributed by atoms with E-state index in [-0.39, 0.29) is 5.54 Å². The van der Waals surface area contributed by atoms with E-state index < -0.39 is 34.4 Å². The van der Waals surface area contributed by atoms with Crippen LogP contribution in [0, 0.1) is 5.92 Å². The van der Waals surface area contributed by atoms with Gasteiger partial charge >= 0.3 is 6.18 Å². The number of benzene rings is 1. The molecule has 3 atom stereocenters. The van der Waals surface area contributed by atoms with Crippen LogP contribution in [0.3, 0.4) is 0 Å². The predicted octanol–water partition coefficient (Wildman–Crippen LogP) is 4.76. The summed E-state index contributed by atoms with van der Waals surface area (Å²) in [6.45, 7) is 0.877. The highest BCUT2D eigenvalue weighted by Gasteiger charge is 2.48. The van der Waals surface area contributed by atoms with E-state index in [0.29, 0.717) is 5.92 Å². The summed E-state index contributed by atoms with van der Waals surface area (Å²) in [5, 5.41) is 5.85. The Morgan fingerprint density at radius 2 is 2.03 bits per heavy atom. The first-order chi connectivity index (χ1) is 13.8. The maximum absolute atomic E-state index is 13.2. The van der Waals surface area contributed by atoms with Crippen molar-refractivity contribution in [3.8, 4) is 0 Å². The van der Waals surface area contributed by atoms with Crippen LogP contribution < -0.4 is 10.6 Å². The van der Waals surface area contributed by atoms with Crippen LogP contribution in [0.25, 0.3) is 0 Å². The van der Waals surface area contributed by atoms with Crippen molar-refractivity contribution in [3.63, 3.8) is 0 Å². The normalized spacial score (nSPS) is 24.9. The highest BCUT2D eigenvalue weighted by molar-refractivity contribution is 6.34. The van der Waals surface area contributed by atoms with Crippen LogP contribution in [0.5, 0.6) is 0 Å². The minimum Gasteiger partial charge on any atom is -0.342 e. The molecular formula is C21H21ClF3N3O. The van der Waals surface area contributed by atoms with Crippen LogP contribution in [-0.4, -0.2) is 23.0 Å². The van der Waals surface area contributed by atoms with Crippen molar-refractivity contribution in [2.75, 3.05) is 6.54 Å². The predicted molar refractivity (Wildman–Crippen MR) is 104 cm³/mol. The summed E-state index contributed by atoms with van der Waals surface area (Å²) in [6.07, 6.45) is 0.286. The largest absolute Gasteiger partial charge is 0.417 e. The van der Waals surface area contributed by atoms with Crippen molar-refractivity contribution in [1.82, 2.24) is 15.6 Å². The Kier molecular flexibility index (Phi) is 5.29. The summed E-state index contributed by atoms with van der Waals surface area (Å²) < 4.78 is 39.5. The molecule has 29 heavy (non-hydrogen) atoms. The number of halogens is 4. The Hall–Kier alpha value is -2.12. The van der Waals surface area contributed by atoms with Gasteiger partial charge in [-0.1, -0.05) is 48.4 Å². The fraction of sp³-hybridized carbons (Fsp3) is 0.429. The average molecular weight is 424 g/mol. The quantitative estimate of drug-likeness (QED) is 0.745. The highest BCUT2D eigenvalue weighted by atomic mass is 35.5. The molecule has 2 bridgehead atoms. The van der Waals surface area contributed by atoms with Gasteiger partial charge in [0.2, 0.25) is 0 Å². The molecule has 3 unspecified atom stereocenters. The summed E-state index contributed by atoms with van der Waals surface area (Å²) in [5.41, 5.74) is -0.901. The number of amides is 1. The van der Waals surface area contributed by atoms with Gasteiger partial charge in [-0.3, -0.25) is 4.79 Å². The summed E-state index contributed by atoms with van der Waals surface area (Å²) in [7, 11) is 0. The Morgan fingerprint density at radius 1 is 1.28 bits per heavy atom. The molecule has 0 spiro atoms. The first-order valence-electron chi connectivity index (χ1n) is 9.63. The smallest absolute Gasteiger partial charge is 0.342 e. The van der Waals surface area contributed by atoms with Gasteiger partial charge in [-0.25, -0.2) is 4.98 Å². The SMILES string of the molecule is O=C(NC(c1ccccc1)C12CCCC(CN1)C2)c1nccc(C(F)(F)F)c1Cl. The van der Waals surface area contributed by atoms with E-state index in [1.54, 1.807) is 0 Å². The average Bonchev–Trinajstić information content (AvgIpc) is 3.00. The summed E-state index contributed by atoms with van der Waals surface area (Å²) >= 11 is 5.92. The molecule has 1 amide bonds. The van der Waals surface area contributed by atoms with Crippen molar-refractivity contribution in [3.05, 3.63) is 64.4 Å². The number of fused-ring (bicyclic) bond motifs is 2. The van der Waals surface area contributed by atoms with Gasteiger partial charge in [0.15, 0.2) is 0 Å². The second kappa shape index (κ2) is 7.61. The fourth-order valence-electron chi connectivity index (χ4n) is 4.68. The molecule has 1 saturated carbocycles. The second-order valence-electron chi connectivity index (χ2n) is 7.84. The molecule has 1 aromatic heterocycles. The van der Waals surface area contributed by atoms with Gasteiger partial charge in [-0.2, -0.15) is 13.2 Å². The van der Waals surface area contributed by atoms with Crippen molar-refractivity contribution >= 4 is 17.5 Å². The number of pyridine rings is 1. The molecule has 8 heteroatoms. The van der Waals surface area contributed by atoms with E-state index in [1.807, 2.05) is 30.3 Å². The molecular weight excluding hydrogens is 403 g/mol. The molecule has 1 aromatic carbocycles. The van der Waals surface area contributed by atoms with Crippen LogP contribution in [0.1, 0.15) is 53.3 Å². The second-order valence-corrected chi connectivity index (χ2v) is 8.21. The topological polar surface area (TPSA) is 54.0 Å². The summed E-state index contributed by atoms with van der Waals surface area (Å²) in [5.74, 6) is -0.165. The maximum Gasteiger partial charge on any atom is 0.417 e. The van der Waals surface area contributed by atoms with Gasteiger partial charge in [0.1, 0.15) is 5.69 Å². The molecule has 1 saturated heterocycles. The lowest BCUT2D eigenvalue weighted by molar-refractivity contribution is -0.137. The van der Waals surface area contributed by atoms with Crippen molar-refractivity contribution in [2.45, 2.75) is 43.4 Å². The van der Waals surface area contributed by atoms with E-state index in [0.717, 1.165) is 50.1 Å². The number of alkyl halides is 3. The monoisotopic (exact) mass is 423 g/mol. The van der Waals surface area contributed by atoms with Crippen molar-refractivity contribution in [2.24, 2.45) is 5.92 Å². The number of nitrogens with zero attached hydrogens (tertiary/aromatic N) is 1. The number of hydrogen-bond donors (Lipinski definition) is 2. The zero-order valence-corrected chi connectivity index (χ0v) is 16.4. The van der Waals surface area contributed by atoms with Gasteiger partial charge < -0.3 is 10.6 Å². The first-order valence-corrected chi connectivity index (χ1v) is 10.0. The summed E-state index contributed by atoms with van der Waals surface area (Å²) in [6, 6.07) is 9.88. The molecule has 2 aliphatic rings. The van der Waals surface area contributed by atoms with Crippen LogP contribution in [-0.2, 0) is 6.18 Å². The molecule has 2 N–H and O–H groups in total. The van der Waals surface area contributed by atoms with E-state index in [9.17, 15) is 18.0 Å². The van der Waals surface area contributed by atoms with Gasteiger partial charge in [0, 0.05) is 11.7 Å². The lowest BCUT2D eigenvalue weighted by Crippen LogP contribution is -2.52. The van der Waals surface area contributed by atoms with Gasteiger partial charge in [-0.15, -0.1) is 0 Å². The van der Waals surface area contributed by atoms with Crippen molar-refractivity contribution < 1.29 is 18.0 Å². The molecule has 2 heterocycles. The molecule has 4 rings (SSSR count). The molecule has 2 fully saturated rings. The van der Waals surface area contributed by atoms with Crippen molar-refractivity contribution in [1.29, 1.82) is 0 Å². The minimum absolute atomic E-state index is 0.325. The lowest BCUT2D eigenvalue weighted by atomic mass is 9.73. The van der Waals surface area contributed by atoms with E-state index in [2.05, 4.69) is 15.6 Å². The molecule has 4 nitrogen and oxygen atoms in total. The van der Waals surface area contributed by atoms with Crippen LogP contribution in [0.2, 0.25) is 5.02 Å². The first kappa shape index (κ1) is 20.2. The molecule has 2 aromatic rings. The van der Waals surface area contributed by atoms with Crippen LogP contribution in [0.4, 0.5) is 13.2 Å². The van der Waals surface area contributed by atoms with Gasteiger partial charge in [0.05, 0.1) is 16.6 Å². The number of rotatable bonds is 4. The third kappa shape index (κ3) is 3.85. The maximum atomic E-state index is 13.2. The third-order valence-corrected chi connectivity index (χ3v) is 6.38. The minimum atomic E-state index is -4.66. The Morgan fingerprint density at radius 3 is 2.76 bits per heavy atom. The van der Waals surface area contributed by atoms with E-state index in [4.69, 9.17) is 11.6 Å². The zero-order valence-electron chi connectivity index (χ0n) is 15.6. The Balaban J connectivity index is 1.68.